The van der Waals surface area contributed by atoms with Crippen molar-refractivity contribution in [1.29, 1.82) is 0 Å². The molecule has 0 amide bonds. The molecule has 4 heteroatoms. The van der Waals surface area contributed by atoms with Crippen LogP contribution in [0.5, 0.6) is 0 Å². The number of fused-ring (bicyclic) bond motifs is 1. The van der Waals surface area contributed by atoms with Crippen molar-refractivity contribution in [2.75, 3.05) is 0 Å². The SMILES string of the molecule is C[C@H]1N[C@H](c2ccc(-n3cnc4ccccc43)cc2)O[C@@H]1c1ccccc1. The molecule has 3 aromatic carbocycles. The molecule has 0 unspecified atom stereocenters. The van der Waals surface area contributed by atoms with E-state index in [4.69, 9.17) is 4.74 Å². The molecule has 134 valence electrons. The van der Waals surface area contributed by atoms with Crippen LogP contribution in [0.3, 0.4) is 0 Å². The Kier molecular flexibility index (Phi) is 4.00. The molecule has 1 aliphatic rings. The van der Waals surface area contributed by atoms with E-state index in [2.05, 4.69) is 76.4 Å². The van der Waals surface area contributed by atoms with E-state index < -0.39 is 0 Å². The van der Waals surface area contributed by atoms with Crippen molar-refractivity contribution < 1.29 is 4.74 Å². The first-order valence-electron chi connectivity index (χ1n) is 9.28. The normalized spacial score (nSPS) is 22.3. The Morgan fingerprint density at radius 3 is 2.41 bits per heavy atom. The van der Waals surface area contributed by atoms with Crippen LogP contribution in [-0.4, -0.2) is 15.6 Å². The van der Waals surface area contributed by atoms with Gasteiger partial charge in [0.05, 0.1) is 11.0 Å². The van der Waals surface area contributed by atoms with Gasteiger partial charge in [-0.25, -0.2) is 4.98 Å². The second kappa shape index (κ2) is 6.65. The molecule has 0 bridgehead atoms. The smallest absolute Gasteiger partial charge is 0.135 e. The molecule has 4 nitrogen and oxygen atoms in total. The Labute approximate surface area is 158 Å². The summed E-state index contributed by atoms with van der Waals surface area (Å²) in [4.78, 5) is 4.47. The van der Waals surface area contributed by atoms with E-state index in [1.165, 1.54) is 5.56 Å². The average molecular weight is 355 g/mol. The van der Waals surface area contributed by atoms with E-state index >= 15 is 0 Å². The van der Waals surface area contributed by atoms with Gasteiger partial charge in [0.25, 0.3) is 0 Å². The van der Waals surface area contributed by atoms with Crippen LogP contribution in [0.1, 0.15) is 30.4 Å². The zero-order valence-electron chi connectivity index (χ0n) is 15.1. The number of para-hydroxylation sites is 2. The zero-order chi connectivity index (χ0) is 18.2. The molecule has 0 radical (unpaired) electrons. The lowest BCUT2D eigenvalue weighted by Crippen LogP contribution is -2.23. The lowest BCUT2D eigenvalue weighted by atomic mass is 10.0. The molecule has 1 aromatic heterocycles. The highest BCUT2D eigenvalue weighted by Gasteiger charge is 2.33. The topological polar surface area (TPSA) is 39.1 Å². The first-order valence-corrected chi connectivity index (χ1v) is 9.28. The number of aromatic nitrogens is 2. The first-order chi connectivity index (χ1) is 13.3. The maximum Gasteiger partial charge on any atom is 0.135 e. The quantitative estimate of drug-likeness (QED) is 0.575. The minimum absolute atomic E-state index is 0.0634. The summed E-state index contributed by atoms with van der Waals surface area (Å²) in [5.41, 5.74) is 5.55. The third-order valence-electron chi connectivity index (χ3n) is 5.21. The minimum atomic E-state index is -0.0983. The Morgan fingerprint density at radius 1 is 0.852 bits per heavy atom. The molecular formula is C23H21N3O. The summed E-state index contributed by atoms with van der Waals surface area (Å²) in [7, 11) is 0. The second-order valence-electron chi connectivity index (χ2n) is 7.00. The van der Waals surface area contributed by atoms with Crippen molar-refractivity contribution >= 4 is 11.0 Å². The third-order valence-corrected chi connectivity index (χ3v) is 5.21. The van der Waals surface area contributed by atoms with Gasteiger partial charge in [0.1, 0.15) is 18.7 Å². The van der Waals surface area contributed by atoms with Crippen LogP contribution in [0, 0.1) is 0 Å². The Balaban J connectivity index is 1.39. The zero-order valence-corrected chi connectivity index (χ0v) is 15.1. The summed E-state index contributed by atoms with van der Waals surface area (Å²) in [6.07, 6.45) is 1.84. The fourth-order valence-corrected chi connectivity index (χ4v) is 3.79. The van der Waals surface area contributed by atoms with Gasteiger partial charge in [-0.2, -0.15) is 0 Å². The first kappa shape index (κ1) is 16.2. The van der Waals surface area contributed by atoms with Gasteiger partial charge in [-0.15, -0.1) is 0 Å². The molecule has 1 fully saturated rings. The highest BCUT2D eigenvalue weighted by Crippen LogP contribution is 2.35. The van der Waals surface area contributed by atoms with Crippen molar-refractivity contribution in [2.45, 2.75) is 25.3 Å². The molecule has 27 heavy (non-hydrogen) atoms. The summed E-state index contributed by atoms with van der Waals surface area (Å²) >= 11 is 0. The van der Waals surface area contributed by atoms with Crippen LogP contribution in [-0.2, 0) is 4.74 Å². The molecule has 0 saturated carbocycles. The monoisotopic (exact) mass is 355 g/mol. The largest absolute Gasteiger partial charge is 0.350 e. The summed E-state index contributed by atoms with van der Waals surface area (Å²) in [5.74, 6) is 0. The number of rotatable bonds is 3. The van der Waals surface area contributed by atoms with Gasteiger partial charge >= 0.3 is 0 Å². The molecular weight excluding hydrogens is 334 g/mol. The van der Waals surface area contributed by atoms with Gasteiger partial charge in [-0.05, 0) is 42.3 Å². The predicted molar refractivity (Wildman–Crippen MR) is 107 cm³/mol. The summed E-state index contributed by atoms with van der Waals surface area (Å²) < 4.78 is 8.42. The Morgan fingerprint density at radius 2 is 1.59 bits per heavy atom. The fraction of sp³-hybridized carbons (Fsp3) is 0.174. The maximum absolute atomic E-state index is 6.32. The van der Waals surface area contributed by atoms with Crippen molar-refractivity contribution in [3.63, 3.8) is 0 Å². The van der Waals surface area contributed by atoms with Crippen LogP contribution >= 0.6 is 0 Å². The van der Waals surface area contributed by atoms with E-state index in [1.807, 2.05) is 30.6 Å². The van der Waals surface area contributed by atoms with Crippen molar-refractivity contribution in [1.82, 2.24) is 14.9 Å². The highest BCUT2D eigenvalue weighted by molar-refractivity contribution is 5.77. The number of nitrogens with zero attached hydrogens (tertiary/aromatic N) is 2. The standard InChI is InChI=1S/C23H21N3O/c1-16-22(17-7-3-2-4-8-17)27-23(25-16)18-11-13-19(14-12-18)26-15-24-20-9-5-6-10-21(20)26/h2-16,22-23,25H,1H3/t16-,22+,23+/m1/s1. The van der Waals surface area contributed by atoms with Crippen LogP contribution in [0.2, 0.25) is 0 Å². The molecule has 2 heterocycles. The number of hydrogen-bond acceptors (Lipinski definition) is 3. The van der Waals surface area contributed by atoms with E-state index in [9.17, 15) is 0 Å². The molecule has 1 N–H and O–H groups in total. The number of imidazole rings is 1. The van der Waals surface area contributed by atoms with E-state index in [0.717, 1.165) is 22.3 Å². The Bertz CT molecular complexity index is 1060. The van der Waals surface area contributed by atoms with Crippen molar-refractivity contribution in [3.8, 4) is 5.69 Å². The molecule has 3 atom stereocenters. The summed E-state index contributed by atoms with van der Waals surface area (Å²) in [6, 6.07) is 27.3. The highest BCUT2D eigenvalue weighted by atomic mass is 16.5. The van der Waals surface area contributed by atoms with Crippen LogP contribution in [0.25, 0.3) is 16.7 Å². The number of benzene rings is 3. The van der Waals surface area contributed by atoms with Crippen LogP contribution in [0.15, 0.2) is 85.2 Å². The van der Waals surface area contributed by atoms with E-state index in [-0.39, 0.29) is 18.4 Å². The molecule has 4 aromatic rings. The number of hydrogen-bond donors (Lipinski definition) is 1. The summed E-state index contributed by atoms with van der Waals surface area (Å²) in [5, 5.41) is 3.56. The van der Waals surface area contributed by atoms with Gasteiger partial charge in [-0.1, -0.05) is 54.6 Å². The molecule has 1 aliphatic heterocycles. The lowest BCUT2D eigenvalue weighted by Gasteiger charge is -2.15. The van der Waals surface area contributed by atoms with Crippen molar-refractivity contribution in [3.05, 3.63) is 96.3 Å². The maximum atomic E-state index is 6.32. The van der Waals surface area contributed by atoms with Gasteiger partial charge < -0.3 is 4.74 Å². The number of ether oxygens (including phenoxy) is 1. The average Bonchev–Trinajstić information content (AvgIpc) is 3.33. The van der Waals surface area contributed by atoms with Crippen LogP contribution in [0.4, 0.5) is 0 Å². The van der Waals surface area contributed by atoms with Gasteiger partial charge in [-0.3, -0.25) is 9.88 Å². The third kappa shape index (κ3) is 2.93. The Hall–Kier alpha value is -2.95. The predicted octanol–water partition coefficient (Wildman–Crippen LogP) is 4.77. The molecule has 5 rings (SSSR count). The van der Waals surface area contributed by atoms with E-state index in [0.29, 0.717) is 0 Å². The molecule has 0 aliphatic carbocycles. The van der Waals surface area contributed by atoms with Crippen LogP contribution < -0.4 is 5.32 Å². The molecule has 0 spiro atoms. The van der Waals surface area contributed by atoms with Gasteiger partial charge in [0.15, 0.2) is 0 Å². The lowest BCUT2D eigenvalue weighted by molar-refractivity contribution is 0.0363. The summed E-state index contributed by atoms with van der Waals surface area (Å²) in [6.45, 7) is 2.17. The fourth-order valence-electron chi connectivity index (χ4n) is 3.79. The number of nitrogens with one attached hydrogen (secondary N) is 1. The molecule has 1 saturated heterocycles. The second-order valence-corrected chi connectivity index (χ2v) is 7.00. The van der Waals surface area contributed by atoms with Gasteiger partial charge in [0, 0.05) is 11.7 Å². The van der Waals surface area contributed by atoms with Gasteiger partial charge in [0.2, 0.25) is 0 Å². The minimum Gasteiger partial charge on any atom is -0.350 e. The van der Waals surface area contributed by atoms with E-state index in [1.54, 1.807) is 0 Å². The van der Waals surface area contributed by atoms with Crippen molar-refractivity contribution in [2.24, 2.45) is 0 Å².